The first-order chi connectivity index (χ1) is 14.5. The molecule has 2 N–H and O–H groups in total. The van der Waals surface area contributed by atoms with Crippen LogP contribution in [0.1, 0.15) is 56.4 Å². The van der Waals surface area contributed by atoms with E-state index in [1.165, 1.54) is 6.07 Å². The number of carbonyl (C=O) groups is 2. The van der Waals surface area contributed by atoms with Gasteiger partial charge in [0.25, 0.3) is 5.56 Å². The third-order valence-electron chi connectivity index (χ3n) is 5.53. The molecule has 2 aromatic rings. The Morgan fingerprint density at radius 2 is 2.00 bits per heavy atom. The average Bonchev–Trinajstić information content (AvgIpc) is 3.20. The van der Waals surface area contributed by atoms with E-state index in [1.807, 2.05) is 19.9 Å². The number of carbonyl (C=O) groups excluding carboxylic acids is 2. The van der Waals surface area contributed by atoms with Gasteiger partial charge in [-0.1, -0.05) is 18.1 Å². The van der Waals surface area contributed by atoms with Crippen LogP contribution < -0.4 is 16.2 Å². The lowest BCUT2D eigenvalue weighted by Crippen LogP contribution is -2.41. The Morgan fingerprint density at radius 3 is 2.67 bits per heavy atom. The zero-order valence-corrected chi connectivity index (χ0v) is 17.5. The SMILES string of the molecule is CCc1noc(CNC(=O)C2CCC(NC(=O)CCn3c(C)cccc3=O)CC2)n1. The number of pyridine rings is 1. The summed E-state index contributed by atoms with van der Waals surface area (Å²) in [5.74, 6) is 0.880. The second-order valence-electron chi connectivity index (χ2n) is 7.70. The van der Waals surface area contributed by atoms with E-state index in [1.54, 1.807) is 10.6 Å². The lowest BCUT2D eigenvalue weighted by atomic mass is 9.85. The molecule has 0 saturated heterocycles. The Morgan fingerprint density at radius 1 is 1.23 bits per heavy atom. The molecule has 0 aromatic carbocycles. The third-order valence-corrected chi connectivity index (χ3v) is 5.53. The van der Waals surface area contributed by atoms with Gasteiger partial charge in [-0.05, 0) is 38.7 Å². The van der Waals surface area contributed by atoms with Crippen LogP contribution in [0.3, 0.4) is 0 Å². The molecule has 2 heterocycles. The van der Waals surface area contributed by atoms with E-state index < -0.39 is 0 Å². The maximum Gasteiger partial charge on any atom is 0.250 e. The van der Waals surface area contributed by atoms with Crippen LogP contribution in [0.4, 0.5) is 0 Å². The molecule has 1 aliphatic carbocycles. The van der Waals surface area contributed by atoms with Crippen molar-refractivity contribution in [2.45, 2.75) is 71.5 Å². The van der Waals surface area contributed by atoms with Crippen molar-refractivity contribution in [2.24, 2.45) is 5.92 Å². The fourth-order valence-electron chi connectivity index (χ4n) is 3.74. The van der Waals surface area contributed by atoms with Gasteiger partial charge in [-0.2, -0.15) is 4.98 Å². The second kappa shape index (κ2) is 10.2. The van der Waals surface area contributed by atoms with E-state index >= 15 is 0 Å². The molecular formula is C21H29N5O4. The monoisotopic (exact) mass is 415 g/mol. The highest BCUT2D eigenvalue weighted by atomic mass is 16.5. The minimum atomic E-state index is -0.0965. The largest absolute Gasteiger partial charge is 0.353 e. The number of nitrogens with zero attached hydrogens (tertiary/aromatic N) is 3. The van der Waals surface area contributed by atoms with E-state index in [-0.39, 0.29) is 42.3 Å². The normalized spacial score (nSPS) is 18.7. The minimum Gasteiger partial charge on any atom is -0.353 e. The fraction of sp³-hybridized carbons (Fsp3) is 0.571. The van der Waals surface area contributed by atoms with Crippen molar-refractivity contribution >= 4 is 11.8 Å². The number of nitrogens with one attached hydrogen (secondary N) is 2. The van der Waals surface area contributed by atoms with Gasteiger partial charge in [0.05, 0.1) is 6.54 Å². The van der Waals surface area contributed by atoms with E-state index in [2.05, 4.69) is 20.8 Å². The first-order valence-corrected chi connectivity index (χ1v) is 10.5. The molecule has 2 aromatic heterocycles. The second-order valence-corrected chi connectivity index (χ2v) is 7.70. The number of aromatic nitrogens is 3. The standard InChI is InChI=1S/C21H29N5O4/c1-3-17-24-19(30-25-17)13-22-21(29)15-7-9-16(10-8-15)23-18(27)11-12-26-14(2)5-4-6-20(26)28/h4-6,15-16H,3,7-13H2,1-2H3,(H,22,29)(H,23,27). The number of hydrogen-bond donors (Lipinski definition) is 2. The Bertz CT molecular complexity index is 927. The van der Waals surface area contributed by atoms with Gasteiger partial charge < -0.3 is 19.7 Å². The topological polar surface area (TPSA) is 119 Å². The van der Waals surface area contributed by atoms with Gasteiger partial charge in [-0.3, -0.25) is 14.4 Å². The quantitative estimate of drug-likeness (QED) is 0.674. The van der Waals surface area contributed by atoms with Gasteiger partial charge in [-0.15, -0.1) is 0 Å². The molecule has 0 atom stereocenters. The third kappa shape index (κ3) is 5.77. The zero-order chi connectivity index (χ0) is 21.5. The number of aryl methyl sites for hydroxylation is 2. The van der Waals surface area contributed by atoms with Crippen molar-refractivity contribution in [3.63, 3.8) is 0 Å². The van der Waals surface area contributed by atoms with Gasteiger partial charge in [0, 0.05) is 43.1 Å². The molecule has 2 amide bonds. The first-order valence-electron chi connectivity index (χ1n) is 10.5. The summed E-state index contributed by atoms with van der Waals surface area (Å²) in [7, 11) is 0. The first kappa shape index (κ1) is 21.7. The van der Waals surface area contributed by atoms with Crippen LogP contribution in [0.2, 0.25) is 0 Å². The summed E-state index contributed by atoms with van der Waals surface area (Å²) in [4.78, 5) is 40.7. The predicted octanol–water partition coefficient (Wildman–Crippen LogP) is 1.48. The van der Waals surface area contributed by atoms with Crippen LogP contribution in [0.25, 0.3) is 0 Å². The summed E-state index contributed by atoms with van der Waals surface area (Å²) < 4.78 is 6.68. The fourth-order valence-corrected chi connectivity index (χ4v) is 3.74. The summed E-state index contributed by atoms with van der Waals surface area (Å²) in [6.45, 7) is 4.39. The van der Waals surface area contributed by atoms with E-state index in [0.717, 1.165) is 31.4 Å². The van der Waals surface area contributed by atoms with E-state index in [9.17, 15) is 14.4 Å². The van der Waals surface area contributed by atoms with Crippen LogP contribution in [-0.2, 0) is 29.1 Å². The average molecular weight is 415 g/mol. The molecule has 0 spiro atoms. The van der Waals surface area contributed by atoms with E-state index in [0.29, 0.717) is 24.7 Å². The number of amides is 2. The number of hydrogen-bond acceptors (Lipinski definition) is 6. The van der Waals surface area contributed by atoms with Gasteiger partial charge in [0.15, 0.2) is 5.82 Å². The molecule has 162 valence electrons. The predicted molar refractivity (Wildman–Crippen MR) is 109 cm³/mol. The Balaban J connectivity index is 1.38. The summed E-state index contributed by atoms with van der Waals surface area (Å²) in [6.07, 6.45) is 3.91. The maximum absolute atomic E-state index is 12.4. The molecule has 9 heteroatoms. The van der Waals surface area contributed by atoms with Crippen molar-refractivity contribution in [3.05, 3.63) is 46.0 Å². The lowest BCUT2D eigenvalue weighted by molar-refractivity contribution is -0.126. The smallest absolute Gasteiger partial charge is 0.250 e. The summed E-state index contributed by atoms with van der Waals surface area (Å²) >= 11 is 0. The van der Waals surface area contributed by atoms with Crippen molar-refractivity contribution < 1.29 is 14.1 Å². The molecule has 0 radical (unpaired) electrons. The van der Waals surface area contributed by atoms with Crippen LogP contribution in [0.5, 0.6) is 0 Å². The molecule has 9 nitrogen and oxygen atoms in total. The van der Waals surface area contributed by atoms with Gasteiger partial charge in [0.1, 0.15) is 0 Å². The Kier molecular flexibility index (Phi) is 7.37. The van der Waals surface area contributed by atoms with Gasteiger partial charge in [0.2, 0.25) is 17.7 Å². The van der Waals surface area contributed by atoms with Gasteiger partial charge in [-0.25, -0.2) is 0 Å². The molecule has 0 unspecified atom stereocenters. The van der Waals surface area contributed by atoms with Crippen LogP contribution in [-0.4, -0.2) is 32.6 Å². The van der Waals surface area contributed by atoms with E-state index in [4.69, 9.17) is 4.52 Å². The molecular weight excluding hydrogens is 386 g/mol. The summed E-state index contributed by atoms with van der Waals surface area (Å²) in [6, 6.07) is 5.14. The summed E-state index contributed by atoms with van der Waals surface area (Å²) in [5, 5.41) is 9.70. The highest BCUT2D eigenvalue weighted by Gasteiger charge is 2.27. The number of rotatable bonds is 8. The van der Waals surface area contributed by atoms with Crippen LogP contribution in [0.15, 0.2) is 27.5 Å². The van der Waals surface area contributed by atoms with Crippen molar-refractivity contribution in [1.29, 1.82) is 0 Å². The molecule has 1 saturated carbocycles. The van der Waals surface area contributed by atoms with Crippen LogP contribution in [0, 0.1) is 12.8 Å². The molecule has 1 aliphatic rings. The minimum absolute atomic E-state index is 0.0186. The zero-order valence-electron chi connectivity index (χ0n) is 17.5. The molecule has 3 rings (SSSR count). The lowest BCUT2D eigenvalue weighted by Gasteiger charge is -2.28. The summed E-state index contributed by atoms with van der Waals surface area (Å²) in [5.41, 5.74) is 0.744. The Labute approximate surface area is 175 Å². The molecule has 0 aliphatic heterocycles. The highest BCUT2D eigenvalue weighted by Crippen LogP contribution is 2.24. The van der Waals surface area contributed by atoms with Gasteiger partial charge >= 0.3 is 0 Å². The molecule has 30 heavy (non-hydrogen) atoms. The highest BCUT2D eigenvalue weighted by molar-refractivity contribution is 5.79. The van der Waals surface area contributed by atoms with Crippen LogP contribution >= 0.6 is 0 Å². The molecule has 1 fully saturated rings. The maximum atomic E-state index is 12.4. The van der Waals surface area contributed by atoms with Crippen molar-refractivity contribution in [2.75, 3.05) is 0 Å². The molecule has 0 bridgehead atoms. The van der Waals surface area contributed by atoms with Crippen molar-refractivity contribution in [3.8, 4) is 0 Å². The van der Waals surface area contributed by atoms with Crippen molar-refractivity contribution in [1.82, 2.24) is 25.3 Å². The Hall–Kier alpha value is -2.97.